The number of aromatic nitrogens is 4. The Kier molecular flexibility index (Phi) is 6.84. The Hall–Kier alpha value is -2.64. The van der Waals surface area contributed by atoms with Crippen LogP contribution >= 0.6 is 23.4 Å². The smallest absolute Gasteiger partial charge is 0.230 e. The molecule has 1 N–H and O–H groups in total. The molecule has 3 rings (SSSR count). The van der Waals surface area contributed by atoms with Crippen molar-refractivity contribution in [1.29, 1.82) is 0 Å². The van der Waals surface area contributed by atoms with E-state index in [0.29, 0.717) is 16.7 Å². The number of allylic oxidation sites excluding steroid dienone is 1. The summed E-state index contributed by atoms with van der Waals surface area (Å²) in [6, 6.07) is 11.1. The van der Waals surface area contributed by atoms with Crippen LogP contribution in [0.5, 0.6) is 0 Å². The van der Waals surface area contributed by atoms with Crippen molar-refractivity contribution >= 4 is 29.3 Å². The number of carbonyl (C=O) groups excluding carboxylic acids is 1. The molecule has 0 radical (unpaired) electrons. The average molecular weight is 414 g/mol. The molecule has 1 amide bonds. The van der Waals surface area contributed by atoms with E-state index in [1.165, 1.54) is 11.8 Å². The molecule has 0 aliphatic carbocycles. The van der Waals surface area contributed by atoms with Gasteiger partial charge >= 0.3 is 0 Å². The maximum absolute atomic E-state index is 12.4. The van der Waals surface area contributed by atoms with E-state index in [-0.39, 0.29) is 17.7 Å². The Bertz CT molecular complexity index is 960. The Labute approximate surface area is 173 Å². The molecular weight excluding hydrogens is 394 g/mol. The minimum Gasteiger partial charge on any atom is -0.349 e. The molecule has 0 spiro atoms. The summed E-state index contributed by atoms with van der Waals surface area (Å²) in [6.45, 7) is 6.27. The molecule has 3 aromatic rings. The minimum atomic E-state index is -0.134. The molecule has 0 fully saturated rings. The number of hydrogen-bond acceptors (Lipinski definition) is 5. The van der Waals surface area contributed by atoms with Crippen LogP contribution < -0.4 is 5.32 Å². The molecule has 0 saturated carbocycles. The van der Waals surface area contributed by atoms with Gasteiger partial charge in [0, 0.05) is 29.5 Å². The lowest BCUT2D eigenvalue weighted by atomic mass is 10.1. The van der Waals surface area contributed by atoms with Gasteiger partial charge in [-0.25, -0.2) is 0 Å². The third-order valence-corrected chi connectivity index (χ3v) is 5.23. The second-order valence-electron chi connectivity index (χ2n) is 6.07. The van der Waals surface area contributed by atoms with Crippen molar-refractivity contribution in [3.63, 3.8) is 0 Å². The first-order valence-corrected chi connectivity index (χ1v) is 10.1. The molecule has 0 saturated heterocycles. The van der Waals surface area contributed by atoms with E-state index in [9.17, 15) is 4.79 Å². The van der Waals surface area contributed by atoms with Crippen LogP contribution in [0.2, 0.25) is 5.02 Å². The zero-order chi connectivity index (χ0) is 19.9. The molecule has 0 unspecified atom stereocenters. The van der Waals surface area contributed by atoms with E-state index in [2.05, 4.69) is 27.1 Å². The topological polar surface area (TPSA) is 72.7 Å². The fraction of sp³-hybridized carbons (Fsp3) is 0.200. The number of nitrogens with zero attached hydrogens (tertiary/aromatic N) is 4. The van der Waals surface area contributed by atoms with Gasteiger partial charge in [0.15, 0.2) is 11.0 Å². The number of rotatable bonds is 8. The van der Waals surface area contributed by atoms with Gasteiger partial charge in [-0.3, -0.25) is 14.3 Å². The summed E-state index contributed by atoms with van der Waals surface area (Å²) < 4.78 is 1.93. The number of hydrogen-bond donors (Lipinski definition) is 1. The van der Waals surface area contributed by atoms with Gasteiger partial charge in [0.1, 0.15) is 0 Å². The Balaban J connectivity index is 1.66. The standard InChI is InChI=1S/C20H20ClN5OS/c1-3-11-26-19(15-7-9-22-10-8-15)24-25-20(26)28-13-18(27)23-14(2)16-5-4-6-17(21)12-16/h3-10,12,14H,1,11,13H2,2H3,(H,23,27)/t14-/m1/s1. The summed E-state index contributed by atoms with van der Waals surface area (Å²) in [5, 5.41) is 12.8. The lowest BCUT2D eigenvalue weighted by Crippen LogP contribution is -2.28. The van der Waals surface area contributed by atoms with Crippen molar-refractivity contribution < 1.29 is 4.79 Å². The molecular formula is C20H20ClN5OS. The fourth-order valence-corrected chi connectivity index (χ4v) is 3.63. The van der Waals surface area contributed by atoms with E-state index in [1.54, 1.807) is 18.5 Å². The highest BCUT2D eigenvalue weighted by molar-refractivity contribution is 7.99. The monoisotopic (exact) mass is 413 g/mol. The van der Waals surface area contributed by atoms with E-state index in [0.717, 1.165) is 17.0 Å². The predicted molar refractivity (Wildman–Crippen MR) is 112 cm³/mol. The van der Waals surface area contributed by atoms with Crippen LogP contribution in [0.4, 0.5) is 0 Å². The van der Waals surface area contributed by atoms with Crippen LogP contribution in [0.1, 0.15) is 18.5 Å². The number of carbonyl (C=O) groups is 1. The summed E-state index contributed by atoms with van der Waals surface area (Å²) in [5.74, 6) is 0.866. The highest BCUT2D eigenvalue weighted by atomic mass is 35.5. The highest BCUT2D eigenvalue weighted by Gasteiger charge is 2.16. The molecule has 6 nitrogen and oxygen atoms in total. The Morgan fingerprint density at radius 3 is 2.82 bits per heavy atom. The molecule has 0 bridgehead atoms. The second-order valence-corrected chi connectivity index (χ2v) is 7.45. The molecule has 2 heterocycles. The van der Waals surface area contributed by atoms with Gasteiger partial charge in [0.05, 0.1) is 11.8 Å². The van der Waals surface area contributed by atoms with Gasteiger partial charge < -0.3 is 5.32 Å². The van der Waals surface area contributed by atoms with Crippen molar-refractivity contribution in [2.45, 2.75) is 24.7 Å². The van der Waals surface area contributed by atoms with Crippen LogP contribution in [0, 0.1) is 0 Å². The van der Waals surface area contributed by atoms with Gasteiger partial charge in [-0.15, -0.1) is 16.8 Å². The van der Waals surface area contributed by atoms with E-state index in [1.807, 2.05) is 47.9 Å². The van der Waals surface area contributed by atoms with Gasteiger partial charge in [-0.1, -0.05) is 41.6 Å². The van der Waals surface area contributed by atoms with Gasteiger partial charge in [0.2, 0.25) is 5.91 Å². The van der Waals surface area contributed by atoms with Gasteiger partial charge in [0.25, 0.3) is 0 Å². The second kappa shape index (κ2) is 9.52. The SMILES string of the molecule is C=CCn1c(SCC(=O)N[C@H](C)c2cccc(Cl)c2)nnc1-c1ccncc1. The molecule has 28 heavy (non-hydrogen) atoms. The van der Waals surface area contributed by atoms with Crippen molar-refractivity contribution in [3.8, 4) is 11.4 Å². The summed E-state index contributed by atoms with van der Waals surface area (Å²) in [4.78, 5) is 16.4. The first-order valence-electron chi connectivity index (χ1n) is 8.70. The van der Waals surface area contributed by atoms with Gasteiger partial charge in [-0.2, -0.15) is 0 Å². The predicted octanol–water partition coefficient (Wildman–Crippen LogP) is 4.15. The number of benzene rings is 1. The quantitative estimate of drug-likeness (QED) is 0.443. The molecule has 1 aromatic carbocycles. The summed E-state index contributed by atoms with van der Waals surface area (Å²) >= 11 is 7.36. The van der Waals surface area contributed by atoms with Crippen LogP contribution in [0.15, 0.2) is 66.6 Å². The van der Waals surface area contributed by atoms with Crippen LogP contribution in [-0.4, -0.2) is 31.4 Å². The lowest BCUT2D eigenvalue weighted by molar-refractivity contribution is -0.119. The number of thioether (sulfide) groups is 1. The number of halogens is 1. The summed E-state index contributed by atoms with van der Waals surface area (Å²) in [6.07, 6.45) is 5.19. The maximum atomic E-state index is 12.4. The van der Waals surface area contributed by atoms with Gasteiger partial charge in [-0.05, 0) is 36.8 Å². The molecule has 0 aliphatic rings. The normalized spacial score (nSPS) is 11.8. The third-order valence-electron chi connectivity index (χ3n) is 4.03. The summed E-state index contributed by atoms with van der Waals surface area (Å²) in [5.41, 5.74) is 1.87. The van der Waals surface area contributed by atoms with Crippen LogP contribution in [0.3, 0.4) is 0 Å². The van der Waals surface area contributed by atoms with E-state index < -0.39 is 0 Å². The average Bonchev–Trinajstić information content (AvgIpc) is 3.10. The molecule has 1 atom stereocenters. The number of nitrogens with one attached hydrogen (secondary N) is 1. The van der Waals surface area contributed by atoms with Crippen molar-refractivity contribution in [3.05, 3.63) is 72.0 Å². The van der Waals surface area contributed by atoms with Crippen molar-refractivity contribution in [2.75, 3.05) is 5.75 Å². The highest BCUT2D eigenvalue weighted by Crippen LogP contribution is 2.24. The third kappa shape index (κ3) is 4.99. The number of amides is 1. The van der Waals surface area contributed by atoms with Crippen LogP contribution in [-0.2, 0) is 11.3 Å². The zero-order valence-electron chi connectivity index (χ0n) is 15.4. The lowest BCUT2D eigenvalue weighted by Gasteiger charge is -2.14. The molecule has 144 valence electrons. The molecule has 8 heteroatoms. The summed E-state index contributed by atoms with van der Waals surface area (Å²) in [7, 11) is 0. The molecule has 0 aliphatic heterocycles. The Morgan fingerprint density at radius 2 is 2.11 bits per heavy atom. The first-order chi connectivity index (χ1) is 13.6. The zero-order valence-corrected chi connectivity index (χ0v) is 17.0. The first kappa shape index (κ1) is 20.1. The largest absolute Gasteiger partial charge is 0.349 e. The van der Waals surface area contributed by atoms with E-state index >= 15 is 0 Å². The van der Waals surface area contributed by atoms with Crippen molar-refractivity contribution in [2.24, 2.45) is 0 Å². The van der Waals surface area contributed by atoms with Crippen molar-refractivity contribution in [1.82, 2.24) is 25.1 Å². The van der Waals surface area contributed by atoms with Crippen LogP contribution in [0.25, 0.3) is 11.4 Å². The fourth-order valence-electron chi connectivity index (χ4n) is 2.68. The number of pyridine rings is 1. The van der Waals surface area contributed by atoms with E-state index in [4.69, 9.17) is 11.6 Å². The Morgan fingerprint density at radius 1 is 1.32 bits per heavy atom. The minimum absolute atomic E-state index is 0.0870. The molecule has 2 aromatic heterocycles. The maximum Gasteiger partial charge on any atom is 0.230 e.